The van der Waals surface area contributed by atoms with Gasteiger partial charge in [0.05, 0.1) is 0 Å². The molecule has 0 fully saturated rings. The van der Waals surface area contributed by atoms with Crippen LogP contribution in [0.15, 0.2) is 48.5 Å². The van der Waals surface area contributed by atoms with Crippen LogP contribution in [0, 0.1) is 5.41 Å². The molecule has 0 amide bonds. The van der Waals surface area contributed by atoms with E-state index in [1.807, 2.05) is 60.3 Å². The first kappa shape index (κ1) is 14.0. The average Bonchev–Trinajstić information content (AvgIpc) is 2.41. The minimum atomic E-state index is 0.107. The molecule has 2 aromatic carbocycles. The van der Waals surface area contributed by atoms with Crippen LogP contribution in [0.2, 0.25) is 5.02 Å². The van der Waals surface area contributed by atoms with E-state index in [1.165, 1.54) is 5.56 Å². The van der Waals surface area contributed by atoms with Crippen LogP contribution < -0.4 is 5.73 Å². The first-order valence-electron chi connectivity index (χ1n) is 5.91. The van der Waals surface area contributed by atoms with Crippen molar-refractivity contribution in [2.45, 2.75) is 11.5 Å². The number of hydrogen-bond donors (Lipinski definition) is 2. The second kappa shape index (κ2) is 6.64. The SMILES string of the molecule is N=C(N)c1ccc(CSCc2ccccc2Cl)cc1. The lowest BCUT2D eigenvalue weighted by Gasteiger charge is -2.05. The predicted molar refractivity (Wildman–Crippen MR) is 83.9 cm³/mol. The summed E-state index contributed by atoms with van der Waals surface area (Å²) in [7, 11) is 0. The smallest absolute Gasteiger partial charge is 0.122 e. The van der Waals surface area contributed by atoms with Gasteiger partial charge in [-0.2, -0.15) is 11.8 Å². The highest BCUT2D eigenvalue weighted by Crippen LogP contribution is 2.23. The Morgan fingerprint density at radius 2 is 1.74 bits per heavy atom. The van der Waals surface area contributed by atoms with Crippen LogP contribution in [0.1, 0.15) is 16.7 Å². The lowest BCUT2D eigenvalue weighted by atomic mass is 10.1. The van der Waals surface area contributed by atoms with Gasteiger partial charge in [0.1, 0.15) is 5.84 Å². The molecule has 0 aliphatic rings. The second-order valence-electron chi connectivity index (χ2n) is 4.19. The molecular formula is C15H15ClN2S. The molecule has 19 heavy (non-hydrogen) atoms. The predicted octanol–water partition coefficient (Wildman–Crippen LogP) is 4.06. The molecule has 3 N–H and O–H groups in total. The summed E-state index contributed by atoms with van der Waals surface area (Å²) < 4.78 is 0. The quantitative estimate of drug-likeness (QED) is 0.644. The van der Waals surface area contributed by atoms with Gasteiger partial charge in [-0.1, -0.05) is 54.1 Å². The molecular weight excluding hydrogens is 276 g/mol. The molecule has 0 aromatic heterocycles. The molecule has 4 heteroatoms. The molecule has 0 bridgehead atoms. The van der Waals surface area contributed by atoms with E-state index >= 15 is 0 Å². The van der Waals surface area contributed by atoms with Gasteiger partial charge in [-0.05, 0) is 17.2 Å². The number of amidine groups is 1. The minimum Gasteiger partial charge on any atom is -0.384 e. The Labute approximate surface area is 122 Å². The monoisotopic (exact) mass is 290 g/mol. The fraction of sp³-hybridized carbons (Fsp3) is 0.133. The van der Waals surface area contributed by atoms with Crippen molar-refractivity contribution in [3.8, 4) is 0 Å². The van der Waals surface area contributed by atoms with Crippen LogP contribution in [-0.2, 0) is 11.5 Å². The Hall–Kier alpha value is -1.45. The maximum atomic E-state index is 7.34. The van der Waals surface area contributed by atoms with Crippen LogP contribution >= 0.6 is 23.4 Å². The van der Waals surface area contributed by atoms with Crippen molar-refractivity contribution in [3.63, 3.8) is 0 Å². The lowest BCUT2D eigenvalue weighted by Crippen LogP contribution is -2.10. The van der Waals surface area contributed by atoms with Crippen molar-refractivity contribution < 1.29 is 0 Å². The topological polar surface area (TPSA) is 49.9 Å². The van der Waals surface area contributed by atoms with Gasteiger partial charge in [-0.15, -0.1) is 0 Å². The van der Waals surface area contributed by atoms with E-state index in [4.69, 9.17) is 22.7 Å². The largest absolute Gasteiger partial charge is 0.384 e. The van der Waals surface area contributed by atoms with Gasteiger partial charge in [0.2, 0.25) is 0 Å². The van der Waals surface area contributed by atoms with Crippen LogP contribution in [0.25, 0.3) is 0 Å². The van der Waals surface area contributed by atoms with Gasteiger partial charge in [-0.3, -0.25) is 5.41 Å². The van der Waals surface area contributed by atoms with E-state index in [-0.39, 0.29) is 5.84 Å². The molecule has 0 atom stereocenters. The Morgan fingerprint density at radius 1 is 1.05 bits per heavy atom. The second-order valence-corrected chi connectivity index (χ2v) is 5.59. The summed E-state index contributed by atoms with van der Waals surface area (Å²) in [6.45, 7) is 0. The van der Waals surface area contributed by atoms with Crippen LogP contribution in [-0.4, -0.2) is 5.84 Å². The number of hydrogen-bond acceptors (Lipinski definition) is 2. The molecule has 0 heterocycles. The van der Waals surface area contributed by atoms with Gasteiger partial charge in [0.15, 0.2) is 0 Å². The molecule has 0 spiro atoms. The zero-order valence-electron chi connectivity index (χ0n) is 10.4. The molecule has 0 aliphatic heterocycles. The lowest BCUT2D eigenvalue weighted by molar-refractivity contribution is 1.35. The maximum Gasteiger partial charge on any atom is 0.122 e. The summed E-state index contributed by atoms with van der Waals surface area (Å²) in [5.41, 5.74) is 8.57. The summed E-state index contributed by atoms with van der Waals surface area (Å²) in [5, 5.41) is 8.16. The maximum absolute atomic E-state index is 7.34. The van der Waals surface area contributed by atoms with Gasteiger partial charge >= 0.3 is 0 Å². The van der Waals surface area contributed by atoms with E-state index < -0.39 is 0 Å². The van der Waals surface area contributed by atoms with E-state index in [0.717, 1.165) is 27.7 Å². The highest BCUT2D eigenvalue weighted by atomic mass is 35.5. The van der Waals surface area contributed by atoms with Crippen LogP contribution in [0.5, 0.6) is 0 Å². The van der Waals surface area contributed by atoms with E-state index in [0.29, 0.717) is 0 Å². The number of thioether (sulfide) groups is 1. The Kier molecular flexibility index (Phi) is 4.88. The van der Waals surface area contributed by atoms with Crippen molar-refractivity contribution >= 4 is 29.2 Å². The molecule has 2 nitrogen and oxygen atoms in total. The van der Waals surface area contributed by atoms with Crippen molar-refractivity contribution in [2.75, 3.05) is 0 Å². The van der Waals surface area contributed by atoms with Gasteiger partial charge in [0, 0.05) is 22.1 Å². The molecule has 0 aliphatic carbocycles. The van der Waals surface area contributed by atoms with E-state index in [2.05, 4.69) is 0 Å². The van der Waals surface area contributed by atoms with Crippen molar-refractivity contribution in [2.24, 2.45) is 5.73 Å². The highest BCUT2D eigenvalue weighted by Gasteiger charge is 2.01. The molecule has 0 saturated carbocycles. The molecule has 0 saturated heterocycles. The Balaban J connectivity index is 1.89. The Bertz CT molecular complexity index is 567. The van der Waals surface area contributed by atoms with Crippen molar-refractivity contribution in [1.82, 2.24) is 0 Å². The summed E-state index contributed by atoms with van der Waals surface area (Å²) in [6, 6.07) is 15.7. The van der Waals surface area contributed by atoms with Crippen molar-refractivity contribution in [3.05, 3.63) is 70.2 Å². The van der Waals surface area contributed by atoms with Crippen molar-refractivity contribution in [1.29, 1.82) is 5.41 Å². The summed E-state index contributed by atoms with van der Waals surface area (Å²) in [5.74, 6) is 1.92. The third-order valence-electron chi connectivity index (χ3n) is 2.75. The third kappa shape index (κ3) is 4.01. The molecule has 0 radical (unpaired) electrons. The third-order valence-corrected chi connectivity index (χ3v) is 4.17. The summed E-state index contributed by atoms with van der Waals surface area (Å²) >= 11 is 7.93. The molecule has 2 aromatic rings. The fourth-order valence-corrected chi connectivity index (χ4v) is 2.96. The van der Waals surface area contributed by atoms with E-state index in [1.54, 1.807) is 0 Å². The van der Waals surface area contributed by atoms with Crippen LogP contribution in [0.3, 0.4) is 0 Å². The normalized spacial score (nSPS) is 10.4. The minimum absolute atomic E-state index is 0.107. The van der Waals surface area contributed by atoms with Crippen LogP contribution in [0.4, 0.5) is 0 Å². The number of rotatable bonds is 5. The fourth-order valence-electron chi connectivity index (χ4n) is 1.67. The van der Waals surface area contributed by atoms with Gasteiger partial charge in [0.25, 0.3) is 0 Å². The summed E-state index contributed by atoms with van der Waals surface area (Å²) in [4.78, 5) is 0. The van der Waals surface area contributed by atoms with Gasteiger partial charge in [-0.25, -0.2) is 0 Å². The first-order chi connectivity index (χ1) is 9.16. The van der Waals surface area contributed by atoms with E-state index in [9.17, 15) is 0 Å². The number of nitrogens with one attached hydrogen (secondary N) is 1. The standard InChI is InChI=1S/C15H15ClN2S/c16-14-4-2-1-3-13(14)10-19-9-11-5-7-12(8-6-11)15(17)18/h1-8H,9-10H2,(H3,17,18). The number of benzene rings is 2. The first-order valence-corrected chi connectivity index (χ1v) is 7.44. The zero-order valence-corrected chi connectivity index (χ0v) is 12.0. The number of nitrogens with two attached hydrogens (primary N) is 1. The average molecular weight is 291 g/mol. The number of halogens is 1. The number of nitrogen functional groups attached to an aromatic ring is 1. The Morgan fingerprint density at radius 3 is 2.37 bits per heavy atom. The highest BCUT2D eigenvalue weighted by molar-refractivity contribution is 7.97. The van der Waals surface area contributed by atoms with Gasteiger partial charge < -0.3 is 5.73 Å². The molecule has 98 valence electrons. The zero-order chi connectivity index (χ0) is 13.7. The molecule has 0 unspecified atom stereocenters. The summed E-state index contributed by atoms with van der Waals surface area (Å²) in [6.07, 6.45) is 0. The molecule has 2 rings (SSSR count).